The number of carbonyl (C=O) groups excluding carboxylic acids is 2. The monoisotopic (exact) mass is 426 g/mol. The fourth-order valence-electron chi connectivity index (χ4n) is 4.88. The molecule has 5 rings (SSSR count). The van der Waals surface area contributed by atoms with Gasteiger partial charge in [-0.05, 0) is 43.2 Å². The summed E-state index contributed by atoms with van der Waals surface area (Å²) < 4.78 is 6.38. The smallest absolute Gasteiger partial charge is 0.239 e. The molecule has 0 aromatic heterocycles. The highest BCUT2D eigenvalue weighted by Crippen LogP contribution is 2.50. The topological polar surface area (TPSA) is 58.6 Å². The molecule has 2 aliphatic rings. The van der Waals surface area contributed by atoms with Crippen LogP contribution in [0, 0.1) is 12.8 Å². The molecule has 1 saturated heterocycles. The third-order valence-electron chi connectivity index (χ3n) is 6.54. The molecule has 32 heavy (non-hydrogen) atoms. The van der Waals surface area contributed by atoms with E-state index in [4.69, 9.17) is 4.74 Å². The average Bonchev–Trinajstić information content (AvgIpc) is 2.79. The van der Waals surface area contributed by atoms with Gasteiger partial charge in [0, 0.05) is 24.6 Å². The van der Waals surface area contributed by atoms with E-state index in [0.717, 1.165) is 22.4 Å². The van der Waals surface area contributed by atoms with E-state index in [1.54, 1.807) is 4.90 Å². The molecule has 2 aliphatic heterocycles. The van der Waals surface area contributed by atoms with E-state index < -0.39 is 11.6 Å². The lowest BCUT2D eigenvalue weighted by molar-refractivity contribution is -0.177. The Balaban J connectivity index is 1.53. The Labute approximate surface area is 188 Å². The Morgan fingerprint density at radius 3 is 2.47 bits per heavy atom. The van der Waals surface area contributed by atoms with E-state index in [-0.39, 0.29) is 17.7 Å². The van der Waals surface area contributed by atoms with Crippen LogP contribution in [0.2, 0.25) is 0 Å². The molecular weight excluding hydrogens is 400 g/mol. The van der Waals surface area contributed by atoms with E-state index in [1.165, 1.54) is 0 Å². The zero-order valence-corrected chi connectivity index (χ0v) is 18.2. The zero-order chi connectivity index (χ0) is 22.3. The number of ether oxygens (including phenoxy) is 1. The third-order valence-corrected chi connectivity index (χ3v) is 6.54. The van der Waals surface area contributed by atoms with Crippen LogP contribution in [0.1, 0.15) is 36.0 Å². The van der Waals surface area contributed by atoms with Crippen molar-refractivity contribution in [1.82, 2.24) is 4.90 Å². The van der Waals surface area contributed by atoms with Gasteiger partial charge in [0.1, 0.15) is 11.7 Å². The number of fused-ring (bicyclic) bond motifs is 4. The second-order valence-corrected chi connectivity index (χ2v) is 8.87. The fraction of sp³-hybridized carbons (Fsp3) is 0.259. The molecule has 1 unspecified atom stereocenters. The summed E-state index contributed by atoms with van der Waals surface area (Å²) in [6.45, 7) is 4.34. The molecule has 3 aromatic rings. The van der Waals surface area contributed by atoms with Crippen LogP contribution in [0.3, 0.4) is 0 Å². The number of para-hydroxylation sites is 1. The van der Waals surface area contributed by atoms with E-state index in [2.05, 4.69) is 5.32 Å². The lowest BCUT2D eigenvalue weighted by Crippen LogP contribution is -2.63. The van der Waals surface area contributed by atoms with Crippen molar-refractivity contribution in [3.8, 4) is 5.75 Å². The fourth-order valence-corrected chi connectivity index (χ4v) is 4.88. The van der Waals surface area contributed by atoms with E-state index in [1.807, 2.05) is 92.7 Å². The Morgan fingerprint density at radius 1 is 1.03 bits per heavy atom. The summed E-state index contributed by atoms with van der Waals surface area (Å²) in [6.07, 6.45) is 0.564. The number of benzene rings is 3. The van der Waals surface area contributed by atoms with Crippen molar-refractivity contribution >= 4 is 17.5 Å². The van der Waals surface area contributed by atoms with Crippen LogP contribution in [0.4, 0.5) is 5.69 Å². The van der Waals surface area contributed by atoms with Crippen LogP contribution in [0.15, 0.2) is 78.9 Å². The molecule has 2 amide bonds. The van der Waals surface area contributed by atoms with Gasteiger partial charge in [0.05, 0.1) is 0 Å². The molecule has 3 aromatic carbocycles. The van der Waals surface area contributed by atoms with Gasteiger partial charge in [-0.1, -0.05) is 66.2 Å². The quantitative estimate of drug-likeness (QED) is 0.605. The van der Waals surface area contributed by atoms with Crippen molar-refractivity contribution < 1.29 is 14.3 Å². The van der Waals surface area contributed by atoms with Crippen LogP contribution < -0.4 is 10.1 Å². The van der Waals surface area contributed by atoms with Crippen molar-refractivity contribution in [2.75, 3.05) is 5.32 Å². The van der Waals surface area contributed by atoms with Gasteiger partial charge in [-0.2, -0.15) is 0 Å². The molecule has 5 nitrogen and oxygen atoms in total. The minimum absolute atomic E-state index is 0.202. The van der Waals surface area contributed by atoms with Gasteiger partial charge in [0.2, 0.25) is 11.8 Å². The second-order valence-electron chi connectivity index (χ2n) is 8.87. The first-order valence-electron chi connectivity index (χ1n) is 11.0. The predicted molar refractivity (Wildman–Crippen MR) is 123 cm³/mol. The number of amides is 2. The lowest BCUT2D eigenvalue weighted by atomic mass is 9.73. The number of hydrogen-bond acceptors (Lipinski definition) is 3. The summed E-state index contributed by atoms with van der Waals surface area (Å²) in [5, 5.41) is 2.97. The van der Waals surface area contributed by atoms with Gasteiger partial charge in [-0.15, -0.1) is 0 Å². The maximum absolute atomic E-state index is 13.8. The van der Waals surface area contributed by atoms with Crippen molar-refractivity contribution in [1.29, 1.82) is 0 Å². The number of rotatable bonds is 4. The molecule has 0 aliphatic carbocycles. The molecule has 1 N–H and O–H groups in total. The molecule has 3 atom stereocenters. The Morgan fingerprint density at radius 2 is 1.72 bits per heavy atom. The van der Waals surface area contributed by atoms with Crippen molar-refractivity contribution in [3.63, 3.8) is 0 Å². The van der Waals surface area contributed by atoms with Crippen molar-refractivity contribution in [2.24, 2.45) is 5.92 Å². The molecule has 0 radical (unpaired) electrons. The second kappa shape index (κ2) is 7.83. The molecule has 0 spiro atoms. The largest absolute Gasteiger partial charge is 0.468 e. The lowest BCUT2D eigenvalue weighted by Gasteiger charge is -2.52. The van der Waals surface area contributed by atoms with Gasteiger partial charge in [-0.3, -0.25) is 14.5 Å². The molecular formula is C27H26N2O3. The highest BCUT2D eigenvalue weighted by Gasteiger charge is 2.56. The standard InChI is InChI=1S/C27H26N2O3/c1-18-12-14-20(15-13-18)28-25(30)24-22-16-27(2,32-23-11-7-6-10-21(22)23)29(26(24)31)17-19-8-4-3-5-9-19/h3-15,22,24H,16-17H2,1-2H3,(H,28,30)/t22-,24?,27+/m0/s1. The Kier molecular flexibility index (Phi) is 4.97. The molecule has 2 heterocycles. The summed E-state index contributed by atoms with van der Waals surface area (Å²) in [4.78, 5) is 29.0. The van der Waals surface area contributed by atoms with Crippen molar-refractivity contribution in [2.45, 2.75) is 38.5 Å². The average molecular weight is 427 g/mol. The molecule has 162 valence electrons. The molecule has 0 saturated carbocycles. The first-order valence-corrected chi connectivity index (χ1v) is 11.0. The predicted octanol–water partition coefficient (Wildman–Crippen LogP) is 4.87. The van der Waals surface area contributed by atoms with Crippen LogP contribution in [-0.2, 0) is 16.1 Å². The van der Waals surface area contributed by atoms with Crippen LogP contribution in [-0.4, -0.2) is 22.4 Å². The number of nitrogens with zero attached hydrogens (tertiary/aromatic N) is 1. The van der Waals surface area contributed by atoms with Gasteiger partial charge < -0.3 is 10.1 Å². The Bertz CT molecular complexity index is 1160. The summed E-state index contributed by atoms with van der Waals surface area (Å²) in [5.74, 6) is -0.801. The van der Waals surface area contributed by atoms with E-state index in [9.17, 15) is 9.59 Å². The van der Waals surface area contributed by atoms with E-state index in [0.29, 0.717) is 18.7 Å². The summed E-state index contributed by atoms with van der Waals surface area (Å²) >= 11 is 0. The number of anilines is 1. The minimum atomic E-state index is -0.821. The number of aryl methyl sites for hydroxylation is 1. The van der Waals surface area contributed by atoms with Gasteiger partial charge in [0.25, 0.3) is 0 Å². The highest BCUT2D eigenvalue weighted by molar-refractivity contribution is 6.08. The zero-order valence-electron chi connectivity index (χ0n) is 18.2. The Hall–Kier alpha value is -3.60. The number of likely N-dealkylation sites (tertiary alicyclic amines) is 1. The van der Waals surface area contributed by atoms with Crippen LogP contribution in [0.5, 0.6) is 5.75 Å². The molecule has 5 heteroatoms. The summed E-state index contributed by atoms with van der Waals surface area (Å²) in [5.41, 5.74) is 2.91. The summed E-state index contributed by atoms with van der Waals surface area (Å²) in [7, 11) is 0. The van der Waals surface area contributed by atoms with Gasteiger partial charge in [-0.25, -0.2) is 0 Å². The van der Waals surface area contributed by atoms with E-state index >= 15 is 0 Å². The third kappa shape index (κ3) is 3.54. The highest BCUT2D eigenvalue weighted by atomic mass is 16.5. The molecule has 2 bridgehead atoms. The van der Waals surface area contributed by atoms with Crippen LogP contribution >= 0.6 is 0 Å². The van der Waals surface area contributed by atoms with Gasteiger partial charge >= 0.3 is 0 Å². The first kappa shape index (κ1) is 20.3. The normalized spacial score (nSPS) is 23.8. The van der Waals surface area contributed by atoms with Gasteiger partial charge in [0.15, 0.2) is 5.72 Å². The number of nitrogens with one attached hydrogen (secondary N) is 1. The van der Waals surface area contributed by atoms with Crippen LogP contribution in [0.25, 0.3) is 0 Å². The number of hydrogen-bond donors (Lipinski definition) is 1. The summed E-state index contributed by atoms with van der Waals surface area (Å²) in [6, 6.07) is 25.2. The number of piperidine rings is 1. The SMILES string of the molecule is Cc1ccc(NC(=O)C2C(=O)N(Cc3ccccc3)[C@@]3(C)C[C@H]2c2ccccc2O3)cc1. The molecule has 1 fully saturated rings. The van der Waals surface area contributed by atoms with Crippen molar-refractivity contribution in [3.05, 3.63) is 95.6 Å². The first-order chi connectivity index (χ1) is 15.4. The maximum Gasteiger partial charge on any atom is 0.239 e. The maximum atomic E-state index is 13.8. The minimum Gasteiger partial charge on any atom is -0.468 e. The number of carbonyl (C=O) groups is 2.